The summed E-state index contributed by atoms with van der Waals surface area (Å²) in [5.41, 5.74) is 0.738. The van der Waals surface area contributed by atoms with Gasteiger partial charge in [-0.1, -0.05) is 23.9 Å². The minimum Gasteiger partial charge on any atom is -0.497 e. The zero-order valence-corrected chi connectivity index (χ0v) is 18.7. The van der Waals surface area contributed by atoms with E-state index in [1.54, 1.807) is 35.5 Å². The van der Waals surface area contributed by atoms with Gasteiger partial charge in [-0.2, -0.15) is 13.2 Å². The van der Waals surface area contributed by atoms with Crippen molar-refractivity contribution >= 4 is 34.1 Å². The average molecular weight is 492 g/mol. The van der Waals surface area contributed by atoms with Crippen molar-refractivity contribution in [3.05, 3.63) is 65.8 Å². The van der Waals surface area contributed by atoms with Crippen LogP contribution in [0.5, 0.6) is 5.75 Å². The van der Waals surface area contributed by atoms with E-state index in [1.165, 1.54) is 23.9 Å². The van der Waals surface area contributed by atoms with Crippen molar-refractivity contribution in [3.63, 3.8) is 0 Å². The Bertz CT molecular complexity index is 1260. The third-order valence-corrected chi connectivity index (χ3v) is 6.14. The fourth-order valence-electron chi connectivity index (χ4n) is 2.85. The van der Waals surface area contributed by atoms with Crippen molar-refractivity contribution in [2.45, 2.75) is 11.3 Å². The molecule has 0 radical (unpaired) electrons. The molecular weight excluding hydrogens is 475 g/mol. The summed E-state index contributed by atoms with van der Waals surface area (Å²) in [6.07, 6.45) is -2.89. The van der Waals surface area contributed by atoms with Gasteiger partial charge in [0, 0.05) is 16.6 Å². The van der Waals surface area contributed by atoms with Crippen molar-refractivity contribution in [2.24, 2.45) is 0 Å². The Kier molecular flexibility index (Phi) is 6.65. The molecule has 0 unspecified atom stereocenters. The quantitative estimate of drug-likeness (QED) is 0.360. The number of hydrogen-bond acceptors (Lipinski definition) is 7. The molecule has 0 aliphatic heterocycles. The molecule has 2 heterocycles. The van der Waals surface area contributed by atoms with Crippen LogP contribution in [0.1, 0.15) is 5.56 Å². The molecule has 33 heavy (non-hydrogen) atoms. The smallest absolute Gasteiger partial charge is 0.416 e. The lowest BCUT2D eigenvalue weighted by Gasteiger charge is -2.07. The number of hydrogen-bond donors (Lipinski definition) is 1. The van der Waals surface area contributed by atoms with Gasteiger partial charge in [0.15, 0.2) is 10.3 Å². The number of aromatic nitrogens is 4. The highest BCUT2D eigenvalue weighted by Gasteiger charge is 2.30. The van der Waals surface area contributed by atoms with Crippen molar-refractivity contribution in [1.29, 1.82) is 0 Å². The summed E-state index contributed by atoms with van der Waals surface area (Å²) >= 11 is 2.33. The number of ether oxygens (including phenoxy) is 1. The fourth-order valence-corrected chi connectivity index (χ4v) is 4.31. The third-order valence-electron chi connectivity index (χ3n) is 4.44. The summed E-state index contributed by atoms with van der Waals surface area (Å²) in [5.74, 6) is 0.440. The molecular formula is C21H16F3N5O2S2. The lowest BCUT2D eigenvalue weighted by Crippen LogP contribution is -2.14. The van der Waals surface area contributed by atoms with Crippen LogP contribution in [-0.2, 0) is 11.0 Å². The summed E-state index contributed by atoms with van der Waals surface area (Å²) in [4.78, 5) is 16.6. The number of thioether (sulfide) groups is 1. The molecule has 0 aliphatic rings. The summed E-state index contributed by atoms with van der Waals surface area (Å²) in [6, 6.07) is 12.2. The molecule has 0 bridgehead atoms. The average Bonchev–Trinajstić information content (AvgIpc) is 3.47. The van der Waals surface area contributed by atoms with Crippen molar-refractivity contribution < 1.29 is 22.7 Å². The number of thiazole rings is 1. The Morgan fingerprint density at radius 1 is 1.21 bits per heavy atom. The van der Waals surface area contributed by atoms with Crippen molar-refractivity contribution in [1.82, 2.24) is 19.7 Å². The molecule has 1 amide bonds. The van der Waals surface area contributed by atoms with Gasteiger partial charge in [-0.3, -0.25) is 9.36 Å². The second kappa shape index (κ2) is 9.63. The topological polar surface area (TPSA) is 81.9 Å². The second-order valence-electron chi connectivity index (χ2n) is 6.63. The van der Waals surface area contributed by atoms with Crippen LogP contribution in [0.4, 0.5) is 18.3 Å². The minimum absolute atomic E-state index is 0.0489. The number of halogens is 3. The molecule has 4 rings (SSSR count). The predicted octanol–water partition coefficient (Wildman–Crippen LogP) is 5.15. The van der Waals surface area contributed by atoms with Crippen molar-refractivity contribution in [2.75, 3.05) is 18.2 Å². The number of amides is 1. The van der Waals surface area contributed by atoms with Gasteiger partial charge in [0.05, 0.1) is 24.1 Å². The molecule has 4 aromatic rings. The van der Waals surface area contributed by atoms with Crippen LogP contribution in [0.15, 0.2) is 65.4 Å². The van der Waals surface area contributed by atoms with E-state index in [0.29, 0.717) is 27.3 Å². The molecule has 0 aliphatic carbocycles. The van der Waals surface area contributed by atoms with Crippen LogP contribution in [0.3, 0.4) is 0 Å². The zero-order valence-electron chi connectivity index (χ0n) is 17.0. The van der Waals surface area contributed by atoms with Crippen LogP contribution in [0.2, 0.25) is 0 Å². The molecule has 7 nitrogen and oxygen atoms in total. The number of rotatable bonds is 7. The Labute approximate surface area is 194 Å². The molecule has 170 valence electrons. The fraction of sp³-hybridized carbons (Fsp3) is 0.143. The standard InChI is InChI=1S/C21H16F3N5O2S2/c1-31-16-7-5-15(6-8-16)29-12-25-28-20(29)33-11-18(30)27-19-26-17(10-32-19)13-3-2-4-14(9-13)21(22,23)24/h2-10,12H,11H2,1H3,(H,26,27,30). The van der Waals surface area contributed by atoms with Gasteiger partial charge in [0.2, 0.25) is 5.91 Å². The maximum atomic E-state index is 12.9. The van der Waals surface area contributed by atoms with E-state index in [9.17, 15) is 18.0 Å². The predicted molar refractivity (Wildman–Crippen MR) is 120 cm³/mol. The number of nitrogens with one attached hydrogen (secondary N) is 1. The molecule has 12 heteroatoms. The highest BCUT2D eigenvalue weighted by atomic mass is 32.2. The summed E-state index contributed by atoms with van der Waals surface area (Å²) in [7, 11) is 1.58. The van der Waals surface area contributed by atoms with E-state index in [-0.39, 0.29) is 11.7 Å². The largest absolute Gasteiger partial charge is 0.497 e. The summed E-state index contributed by atoms with van der Waals surface area (Å²) in [5, 5.41) is 13.0. The first-order chi connectivity index (χ1) is 15.8. The monoisotopic (exact) mass is 491 g/mol. The zero-order chi connectivity index (χ0) is 23.4. The highest BCUT2D eigenvalue weighted by molar-refractivity contribution is 7.99. The molecule has 0 saturated carbocycles. The molecule has 1 N–H and O–H groups in total. The number of benzene rings is 2. The van der Waals surface area contributed by atoms with Crippen LogP contribution >= 0.6 is 23.1 Å². The van der Waals surface area contributed by atoms with Gasteiger partial charge in [0.25, 0.3) is 0 Å². The SMILES string of the molecule is COc1ccc(-n2cnnc2SCC(=O)Nc2nc(-c3cccc(C(F)(F)F)c3)cs2)cc1. The van der Waals surface area contributed by atoms with E-state index in [0.717, 1.165) is 29.2 Å². The van der Waals surface area contributed by atoms with E-state index in [4.69, 9.17) is 4.74 Å². The Hall–Kier alpha value is -3.38. The van der Waals surface area contributed by atoms with E-state index >= 15 is 0 Å². The first-order valence-electron chi connectivity index (χ1n) is 9.44. The van der Waals surface area contributed by atoms with Crippen LogP contribution in [-0.4, -0.2) is 38.5 Å². The number of anilines is 1. The van der Waals surface area contributed by atoms with Gasteiger partial charge in [-0.15, -0.1) is 21.5 Å². The molecule has 2 aromatic carbocycles. The van der Waals surface area contributed by atoms with E-state index in [1.807, 2.05) is 12.1 Å². The number of methoxy groups -OCH3 is 1. The van der Waals surface area contributed by atoms with Crippen molar-refractivity contribution in [3.8, 4) is 22.7 Å². The lowest BCUT2D eigenvalue weighted by atomic mass is 10.1. The Balaban J connectivity index is 1.38. The molecule has 2 aromatic heterocycles. The Morgan fingerprint density at radius 3 is 2.73 bits per heavy atom. The maximum Gasteiger partial charge on any atom is 0.416 e. The lowest BCUT2D eigenvalue weighted by molar-refractivity contribution is -0.137. The summed E-state index contributed by atoms with van der Waals surface area (Å²) in [6.45, 7) is 0. The van der Waals surface area contributed by atoms with E-state index < -0.39 is 11.7 Å². The number of alkyl halides is 3. The highest BCUT2D eigenvalue weighted by Crippen LogP contribution is 2.33. The minimum atomic E-state index is -4.44. The van der Waals surface area contributed by atoms with Gasteiger partial charge in [-0.05, 0) is 36.4 Å². The van der Waals surface area contributed by atoms with Gasteiger partial charge >= 0.3 is 6.18 Å². The Morgan fingerprint density at radius 2 is 2.00 bits per heavy atom. The third kappa shape index (κ3) is 5.52. The first-order valence-corrected chi connectivity index (χ1v) is 11.3. The van der Waals surface area contributed by atoms with Gasteiger partial charge < -0.3 is 10.1 Å². The van der Waals surface area contributed by atoms with Crippen LogP contribution < -0.4 is 10.1 Å². The normalized spacial score (nSPS) is 11.4. The number of carbonyl (C=O) groups is 1. The first kappa shape index (κ1) is 22.8. The second-order valence-corrected chi connectivity index (χ2v) is 8.44. The molecule has 0 spiro atoms. The number of carbonyl (C=O) groups excluding carboxylic acids is 1. The molecule has 0 saturated heterocycles. The summed E-state index contributed by atoms with van der Waals surface area (Å²) < 4.78 is 45.7. The maximum absolute atomic E-state index is 12.9. The van der Waals surface area contributed by atoms with Gasteiger partial charge in [0.1, 0.15) is 12.1 Å². The molecule has 0 atom stereocenters. The van der Waals surface area contributed by atoms with Crippen LogP contribution in [0.25, 0.3) is 16.9 Å². The van der Waals surface area contributed by atoms with Gasteiger partial charge in [-0.25, -0.2) is 4.98 Å². The number of nitrogens with zero attached hydrogens (tertiary/aromatic N) is 4. The van der Waals surface area contributed by atoms with E-state index in [2.05, 4.69) is 20.5 Å². The van der Waals surface area contributed by atoms with Crippen LogP contribution in [0, 0.1) is 0 Å². The molecule has 0 fully saturated rings.